The van der Waals surface area contributed by atoms with Crippen LogP contribution in [0, 0.1) is 6.92 Å². The first kappa shape index (κ1) is 23.3. The third kappa shape index (κ3) is 5.13. The molecule has 6 heteroatoms. The molecule has 36 heavy (non-hydrogen) atoms. The van der Waals surface area contributed by atoms with Crippen LogP contribution in [0.15, 0.2) is 96.8 Å². The van der Waals surface area contributed by atoms with E-state index < -0.39 is 0 Å². The average Bonchev–Trinajstić information content (AvgIpc) is 3.60. The summed E-state index contributed by atoms with van der Waals surface area (Å²) in [6.45, 7) is 3.34. The Balaban J connectivity index is 1.58. The molecule has 0 unspecified atom stereocenters. The molecule has 1 N–H and O–H groups in total. The van der Waals surface area contributed by atoms with Crippen molar-refractivity contribution in [3.8, 4) is 16.9 Å². The molecule has 180 valence electrons. The molecule has 0 bridgehead atoms. The number of carbonyl (C=O) groups is 2. The molecule has 0 atom stereocenters. The standard InChI is InChI=1S/C30H28N4O2/c1-22-14-16-24(17-15-22)29(35)31-27(30(36)33-18-8-9-19-33)20-25-21-34(26-12-6-3-7-13-26)32-28(25)23-10-4-2-5-11-23/h2-7,10-17,20-21H,8-9,18-19H2,1H3,(H,31,35)/b27-20-. The summed E-state index contributed by atoms with van der Waals surface area (Å²) in [5.41, 5.74) is 5.13. The highest BCUT2D eigenvalue weighted by Gasteiger charge is 2.24. The van der Waals surface area contributed by atoms with Gasteiger partial charge in [0.1, 0.15) is 11.4 Å². The molecule has 5 rings (SSSR count). The van der Waals surface area contributed by atoms with Crippen LogP contribution >= 0.6 is 0 Å². The van der Waals surface area contributed by atoms with Crippen LogP contribution in [0.3, 0.4) is 0 Å². The Labute approximate surface area is 210 Å². The first-order valence-corrected chi connectivity index (χ1v) is 12.2. The highest BCUT2D eigenvalue weighted by atomic mass is 16.2. The molecule has 2 amide bonds. The Morgan fingerprint density at radius 2 is 1.50 bits per heavy atom. The van der Waals surface area contributed by atoms with Crippen molar-refractivity contribution in [1.82, 2.24) is 20.0 Å². The predicted octanol–water partition coefficient (Wildman–Crippen LogP) is 5.24. The van der Waals surface area contributed by atoms with E-state index in [0.717, 1.165) is 40.9 Å². The lowest BCUT2D eigenvalue weighted by atomic mass is 10.1. The van der Waals surface area contributed by atoms with Crippen LogP contribution in [-0.2, 0) is 4.79 Å². The first-order valence-electron chi connectivity index (χ1n) is 12.2. The third-order valence-corrected chi connectivity index (χ3v) is 6.30. The molecular weight excluding hydrogens is 448 g/mol. The number of carbonyl (C=O) groups excluding carboxylic acids is 2. The van der Waals surface area contributed by atoms with E-state index >= 15 is 0 Å². The molecular formula is C30H28N4O2. The summed E-state index contributed by atoms with van der Waals surface area (Å²) >= 11 is 0. The van der Waals surface area contributed by atoms with E-state index in [1.165, 1.54) is 0 Å². The lowest BCUT2D eigenvalue weighted by Gasteiger charge is -2.18. The maximum absolute atomic E-state index is 13.5. The minimum absolute atomic E-state index is 0.181. The van der Waals surface area contributed by atoms with E-state index in [-0.39, 0.29) is 17.5 Å². The fourth-order valence-electron chi connectivity index (χ4n) is 4.32. The molecule has 1 aliphatic heterocycles. The van der Waals surface area contributed by atoms with Crippen LogP contribution in [0.1, 0.15) is 34.3 Å². The van der Waals surface area contributed by atoms with Crippen LogP contribution in [0.2, 0.25) is 0 Å². The van der Waals surface area contributed by atoms with E-state index in [9.17, 15) is 9.59 Å². The lowest BCUT2D eigenvalue weighted by molar-refractivity contribution is -0.126. The molecule has 3 aromatic carbocycles. The Hall–Kier alpha value is -4.45. The van der Waals surface area contributed by atoms with Crippen LogP contribution in [-0.4, -0.2) is 39.6 Å². The first-order chi connectivity index (χ1) is 17.6. The fourth-order valence-corrected chi connectivity index (χ4v) is 4.32. The van der Waals surface area contributed by atoms with Gasteiger partial charge in [-0.1, -0.05) is 66.2 Å². The van der Waals surface area contributed by atoms with Gasteiger partial charge >= 0.3 is 0 Å². The topological polar surface area (TPSA) is 67.2 Å². The van der Waals surface area contributed by atoms with Gasteiger partial charge in [-0.15, -0.1) is 0 Å². The Morgan fingerprint density at radius 3 is 2.17 bits per heavy atom. The van der Waals surface area contributed by atoms with Gasteiger partial charge in [-0.25, -0.2) is 4.68 Å². The van der Waals surface area contributed by atoms with Gasteiger partial charge in [-0.2, -0.15) is 5.10 Å². The van der Waals surface area contributed by atoms with Crippen LogP contribution < -0.4 is 5.32 Å². The number of hydrogen-bond acceptors (Lipinski definition) is 3. The highest BCUT2D eigenvalue weighted by molar-refractivity contribution is 6.05. The number of aromatic nitrogens is 2. The molecule has 2 heterocycles. The minimum Gasteiger partial charge on any atom is -0.337 e. The predicted molar refractivity (Wildman–Crippen MR) is 141 cm³/mol. The van der Waals surface area contributed by atoms with Gasteiger partial charge in [0.05, 0.1) is 5.69 Å². The summed E-state index contributed by atoms with van der Waals surface area (Å²) in [7, 11) is 0. The molecule has 0 aliphatic carbocycles. The van der Waals surface area contributed by atoms with Crippen LogP contribution in [0.4, 0.5) is 0 Å². The second-order valence-corrected chi connectivity index (χ2v) is 8.96. The second kappa shape index (κ2) is 10.4. The zero-order chi connectivity index (χ0) is 24.9. The molecule has 0 saturated carbocycles. The monoisotopic (exact) mass is 476 g/mol. The van der Waals surface area contributed by atoms with E-state index in [4.69, 9.17) is 5.10 Å². The third-order valence-electron chi connectivity index (χ3n) is 6.30. The molecule has 1 saturated heterocycles. The minimum atomic E-state index is -0.314. The van der Waals surface area contributed by atoms with E-state index in [1.54, 1.807) is 27.8 Å². The summed E-state index contributed by atoms with van der Waals surface area (Å²) in [4.78, 5) is 28.4. The summed E-state index contributed by atoms with van der Waals surface area (Å²) in [5, 5.41) is 7.74. The number of para-hydroxylation sites is 1. The Kier molecular flexibility index (Phi) is 6.76. The fraction of sp³-hybridized carbons (Fsp3) is 0.167. The molecule has 0 spiro atoms. The molecule has 4 aromatic rings. The van der Waals surface area contributed by atoms with Crippen molar-refractivity contribution in [3.05, 3.63) is 114 Å². The van der Waals surface area contributed by atoms with Crippen molar-refractivity contribution in [2.45, 2.75) is 19.8 Å². The van der Waals surface area contributed by atoms with Crippen molar-refractivity contribution in [2.24, 2.45) is 0 Å². The number of nitrogens with one attached hydrogen (secondary N) is 1. The zero-order valence-corrected chi connectivity index (χ0v) is 20.2. The van der Waals surface area contributed by atoms with Crippen molar-refractivity contribution in [2.75, 3.05) is 13.1 Å². The number of hydrogen-bond donors (Lipinski definition) is 1. The summed E-state index contributed by atoms with van der Waals surface area (Å²) in [6.07, 6.45) is 5.58. The second-order valence-electron chi connectivity index (χ2n) is 8.96. The van der Waals surface area contributed by atoms with Crippen LogP contribution in [0.5, 0.6) is 0 Å². The highest BCUT2D eigenvalue weighted by Crippen LogP contribution is 2.26. The van der Waals surface area contributed by atoms with Gasteiger partial charge in [0.25, 0.3) is 11.8 Å². The smallest absolute Gasteiger partial charge is 0.270 e. The van der Waals surface area contributed by atoms with Gasteiger partial charge in [0, 0.05) is 36.0 Å². The number of benzene rings is 3. The van der Waals surface area contributed by atoms with Gasteiger partial charge < -0.3 is 10.2 Å². The number of amides is 2. The van der Waals surface area contributed by atoms with Gasteiger partial charge in [-0.3, -0.25) is 9.59 Å². The average molecular weight is 477 g/mol. The Bertz CT molecular complexity index is 1380. The number of rotatable bonds is 6. The van der Waals surface area contributed by atoms with Gasteiger partial charge in [0.15, 0.2) is 0 Å². The number of likely N-dealkylation sites (tertiary alicyclic amines) is 1. The summed E-state index contributed by atoms with van der Waals surface area (Å²) in [5.74, 6) is -0.495. The van der Waals surface area contributed by atoms with Crippen LogP contribution in [0.25, 0.3) is 23.0 Å². The van der Waals surface area contributed by atoms with Gasteiger partial charge in [-0.05, 0) is 50.1 Å². The van der Waals surface area contributed by atoms with E-state index in [1.807, 2.05) is 85.9 Å². The summed E-state index contributed by atoms with van der Waals surface area (Å²) in [6, 6.07) is 27.0. The maximum Gasteiger partial charge on any atom is 0.270 e. The largest absolute Gasteiger partial charge is 0.337 e. The van der Waals surface area contributed by atoms with E-state index in [0.29, 0.717) is 18.7 Å². The maximum atomic E-state index is 13.5. The van der Waals surface area contributed by atoms with Crippen molar-refractivity contribution < 1.29 is 9.59 Å². The SMILES string of the molecule is Cc1ccc(C(=O)N/C(=C\c2cn(-c3ccccc3)nc2-c2ccccc2)C(=O)N2CCCC2)cc1. The van der Waals surface area contributed by atoms with Gasteiger partial charge in [0.2, 0.25) is 0 Å². The van der Waals surface area contributed by atoms with Crippen molar-refractivity contribution in [1.29, 1.82) is 0 Å². The molecule has 0 radical (unpaired) electrons. The normalized spacial score (nSPS) is 13.6. The molecule has 1 aromatic heterocycles. The van der Waals surface area contributed by atoms with E-state index in [2.05, 4.69) is 5.32 Å². The lowest BCUT2D eigenvalue weighted by Crippen LogP contribution is -2.36. The number of nitrogens with zero attached hydrogens (tertiary/aromatic N) is 3. The quantitative estimate of drug-likeness (QED) is 0.387. The molecule has 1 aliphatic rings. The molecule has 1 fully saturated rings. The molecule has 6 nitrogen and oxygen atoms in total. The summed E-state index contributed by atoms with van der Waals surface area (Å²) < 4.78 is 1.80. The van der Waals surface area contributed by atoms with Crippen molar-refractivity contribution in [3.63, 3.8) is 0 Å². The zero-order valence-electron chi connectivity index (χ0n) is 20.2. The number of aryl methyl sites for hydroxylation is 1. The van der Waals surface area contributed by atoms with Crippen molar-refractivity contribution >= 4 is 17.9 Å². The Morgan fingerprint density at radius 1 is 0.861 bits per heavy atom.